The zero-order valence-corrected chi connectivity index (χ0v) is 15.2. The van der Waals surface area contributed by atoms with Gasteiger partial charge in [0.15, 0.2) is 5.69 Å². The van der Waals surface area contributed by atoms with E-state index in [9.17, 15) is 9.59 Å². The molecule has 2 heterocycles. The second-order valence-electron chi connectivity index (χ2n) is 6.42. The van der Waals surface area contributed by atoms with Crippen molar-refractivity contribution >= 4 is 12.0 Å². The largest absolute Gasteiger partial charge is 0.450 e. The summed E-state index contributed by atoms with van der Waals surface area (Å²) in [7, 11) is 0. The highest BCUT2D eigenvalue weighted by molar-refractivity contribution is 5.92. The maximum Gasteiger partial charge on any atom is 0.409 e. The van der Waals surface area contributed by atoms with Crippen molar-refractivity contribution in [2.24, 2.45) is 11.7 Å². The van der Waals surface area contributed by atoms with Crippen LogP contribution in [0.15, 0.2) is 10.7 Å². The predicted molar refractivity (Wildman–Crippen MR) is 92.0 cm³/mol. The zero-order valence-electron chi connectivity index (χ0n) is 15.2. The number of amides is 2. The highest BCUT2D eigenvalue weighted by Crippen LogP contribution is 2.21. The number of nitrogens with two attached hydrogens (primary N) is 1. The number of nitrogens with zero attached hydrogens (tertiary/aromatic N) is 2. The van der Waals surface area contributed by atoms with Gasteiger partial charge in [0.05, 0.1) is 12.6 Å². The standard InChI is InChI=1S/C17H28N4O4/c1-4-11(3)14(18)16-20-13(10-25-16)15(22)19-12-6-8-21(9-7-12)17(23)24-5-2/h10-12,14H,4-9,18H2,1-3H3,(H,19,22). The fourth-order valence-electron chi connectivity index (χ4n) is 2.72. The van der Waals surface area contributed by atoms with Gasteiger partial charge in [0, 0.05) is 19.1 Å². The summed E-state index contributed by atoms with van der Waals surface area (Å²) in [5.41, 5.74) is 6.32. The molecular weight excluding hydrogens is 324 g/mol. The molecule has 2 unspecified atom stereocenters. The average Bonchev–Trinajstić information content (AvgIpc) is 3.11. The van der Waals surface area contributed by atoms with Crippen LogP contribution in [0.1, 0.15) is 62.5 Å². The number of likely N-dealkylation sites (tertiary alicyclic amines) is 1. The Labute approximate surface area is 148 Å². The number of aromatic nitrogens is 1. The van der Waals surface area contributed by atoms with Crippen molar-refractivity contribution in [2.45, 2.75) is 52.1 Å². The molecule has 25 heavy (non-hydrogen) atoms. The van der Waals surface area contributed by atoms with Crippen LogP contribution in [0.2, 0.25) is 0 Å². The Balaban J connectivity index is 1.85. The number of oxazole rings is 1. The minimum Gasteiger partial charge on any atom is -0.450 e. The van der Waals surface area contributed by atoms with Gasteiger partial charge in [-0.3, -0.25) is 4.79 Å². The lowest BCUT2D eigenvalue weighted by molar-refractivity contribution is 0.0856. The van der Waals surface area contributed by atoms with E-state index in [0.717, 1.165) is 6.42 Å². The molecule has 1 aliphatic heterocycles. The molecule has 1 aliphatic rings. The van der Waals surface area contributed by atoms with Crippen molar-refractivity contribution in [3.63, 3.8) is 0 Å². The molecule has 0 saturated carbocycles. The number of hydrogen-bond acceptors (Lipinski definition) is 6. The average molecular weight is 352 g/mol. The molecule has 0 aromatic carbocycles. The van der Waals surface area contributed by atoms with Crippen molar-refractivity contribution in [3.05, 3.63) is 17.8 Å². The summed E-state index contributed by atoms with van der Waals surface area (Å²) in [5, 5.41) is 2.94. The summed E-state index contributed by atoms with van der Waals surface area (Å²) in [6.45, 7) is 7.34. The summed E-state index contributed by atoms with van der Waals surface area (Å²) in [6, 6.07) is -0.319. The second kappa shape index (κ2) is 8.84. The van der Waals surface area contributed by atoms with Gasteiger partial charge in [-0.05, 0) is 25.7 Å². The fourth-order valence-corrected chi connectivity index (χ4v) is 2.72. The zero-order chi connectivity index (χ0) is 18.4. The molecule has 2 amide bonds. The van der Waals surface area contributed by atoms with Crippen molar-refractivity contribution < 1.29 is 18.7 Å². The minimum absolute atomic E-state index is 0.00145. The molecule has 2 rings (SSSR count). The lowest BCUT2D eigenvalue weighted by Gasteiger charge is -2.31. The van der Waals surface area contributed by atoms with Gasteiger partial charge in [-0.2, -0.15) is 0 Å². The van der Waals surface area contributed by atoms with Crippen LogP contribution in [0.4, 0.5) is 4.79 Å². The normalized spacial score (nSPS) is 17.8. The maximum absolute atomic E-state index is 12.3. The summed E-state index contributed by atoms with van der Waals surface area (Å²) in [6.07, 6.45) is 3.32. The Kier molecular flexibility index (Phi) is 6.81. The SMILES string of the molecule is CCOC(=O)N1CCC(NC(=O)c2coc(C(N)C(C)CC)n2)CC1. The molecule has 8 heteroatoms. The van der Waals surface area contributed by atoms with Crippen LogP contribution in [0.3, 0.4) is 0 Å². The number of nitrogens with one attached hydrogen (secondary N) is 1. The summed E-state index contributed by atoms with van der Waals surface area (Å²) < 4.78 is 10.4. The van der Waals surface area contributed by atoms with E-state index in [4.69, 9.17) is 14.9 Å². The molecule has 2 atom stereocenters. The van der Waals surface area contributed by atoms with Crippen LogP contribution in [0, 0.1) is 5.92 Å². The Bertz CT molecular complexity index is 581. The molecule has 1 aromatic rings. The molecule has 0 radical (unpaired) electrons. The van der Waals surface area contributed by atoms with Gasteiger partial charge < -0.3 is 25.1 Å². The predicted octanol–water partition coefficient (Wildman–Crippen LogP) is 2.07. The molecule has 8 nitrogen and oxygen atoms in total. The van der Waals surface area contributed by atoms with Gasteiger partial charge in [0.1, 0.15) is 6.26 Å². The van der Waals surface area contributed by atoms with Crippen LogP contribution in [-0.4, -0.2) is 47.6 Å². The van der Waals surface area contributed by atoms with Crippen LogP contribution < -0.4 is 11.1 Å². The first-order valence-corrected chi connectivity index (χ1v) is 8.89. The van der Waals surface area contributed by atoms with Crippen LogP contribution in [-0.2, 0) is 4.74 Å². The van der Waals surface area contributed by atoms with Crippen LogP contribution in [0.25, 0.3) is 0 Å². The Hall–Kier alpha value is -2.09. The topological polar surface area (TPSA) is 111 Å². The summed E-state index contributed by atoms with van der Waals surface area (Å²) >= 11 is 0. The van der Waals surface area contributed by atoms with Crippen LogP contribution in [0.5, 0.6) is 0 Å². The van der Waals surface area contributed by atoms with Crippen molar-refractivity contribution in [1.29, 1.82) is 0 Å². The molecule has 0 spiro atoms. The van der Waals surface area contributed by atoms with E-state index in [1.54, 1.807) is 11.8 Å². The molecule has 1 fully saturated rings. The van der Waals surface area contributed by atoms with E-state index in [1.807, 2.05) is 13.8 Å². The number of rotatable bonds is 6. The highest BCUT2D eigenvalue weighted by atomic mass is 16.6. The highest BCUT2D eigenvalue weighted by Gasteiger charge is 2.26. The van der Waals surface area contributed by atoms with E-state index in [-0.39, 0.29) is 35.7 Å². The third-order valence-corrected chi connectivity index (χ3v) is 4.65. The molecule has 1 saturated heterocycles. The van der Waals surface area contributed by atoms with E-state index >= 15 is 0 Å². The van der Waals surface area contributed by atoms with Gasteiger partial charge in [0.25, 0.3) is 5.91 Å². The van der Waals surface area contributed by atoms with E-state index in [1.165, 1.54) is 6.26 Å². The molecule has 1 aromatic heterocycles. The Morgan fingerprint density at radius 3 is 2.72 bits per heavy atom. The van der Waals surface area contributed by atoms with Gasteiger partial charge in [0.2, 0.25) is 5.89 Å². The van der Waals surface area contributed by atoms with Gasteiger partial charge in [-0.1, -0.05) is 20.3 Å². The summed E-state index contributed by atoms with van der Waals surface area (Å²) in [4.78, 5) is 29.9. The molecule has 140 valence electrons. The molecule has 0 aliphatic carbocycles. The van der Waals surface area contributed by atoms with Gasteiger partial charge in [-0.15, -0.1) is 0 Å². The second-order valence-corrected chi connectivity index (χ2v) is 6.42. The first kappa shape index (κ1) is 19.2. The molecule has 0 bridgehead atoms. The van der Waals surface area contributed by atoms with Crippen molar-refractivity contribution in [2.75, 3.05) is 19.7 Å². The number of carbonyl (C=O) groups is 2. The van der Waals surface area contributed by atoms with E-state index in [2.05, 4.69) is 10.3 Å². The summed E-state index contributed by atoms with van der Waals surface area (Å²) in [5.74, 6) is 0.333. The van der Waals surface area contributed by atoms with Gasteiger partial charge in [-0.25, -0.2) is 9.78 Å². The third kappa shape index (κ3) is 4.94. The quantitative estimate of drug-likeness (QED) is 0.811. The van der Waals surface area contributed by atoms with Crippen molar-refractivity contribution in [3.8, 4) is 0 Å². The van der Waals surface area contributed by atoms with Crippen molar-refractivity contribution in [1.82, 2.24) is 15.2 Å². The number of ether oxygens (including phenoxy) is 1. The van der Waals surface area contributed by atoms with E-state index < -0.39 is 0 Å². The van der Waals surface area contributed by atoms with Gasteiger partial charge >= 0.3 is 6.09 Å². The maximum atomic E-state index is 12.3. The number of hydrogen-bond donors (Lipinski definition) is 2. The third-order valence-electron chi connectivity index (χ3n) is 4.65. The van der Waals surface area contributed by atoms with E-state index in [0.29, 0.717) is 38.4 Å². The first-order chi connectivity index (χ1) is 12.0. The lowest BCUT2D eigenvalue weighted by atomic mass is 10.0. The number of carbonyl (C=O) groups excluding carboxylic acids is 2. The first-order valence-electron chi connectivity index (χ1n) is 8.89. The lowest BCUT2D eigenvalue weighted by Crippen LogP contribution is -2.46. The number of piperidine rings is 1. The molecular formula is C17H28N4O4. The Morgan fingerprint density at radius 1 is 1.44 bits per heavy atom. The molecule has 3 N–H and O–H groups in total. The monoisotopic (exact) mass is 352 g/mol. The smallest absolute Gasteiger partial charge is 0.409 e. The minimum atomic E-state index is -0.320. The van der Waals surface area contributed by atoms with Crippen LogP contribution >= 0.6 is 0 Å². The Morgan fingerprint density at radius 2 is 2.12 bits per heavy atom. The fraction of sp³-hybridized carbons (Fsp3) is 0.706.